The fourth-order valence-corrected chi connectivity index (χ4v) is 3.69. The molecule has 0 spiro atoms. The number of nitrogens with two attached hydrogens (primary N) is 2. The normalized spacial score (nSPS) is 13.0. The second kappa shape index (κ2) is 13.9. The van der Waals surface area contributed by atoms with Crippen LogP contribution < -0.4 is 11.5 Å². The van der Waals surface area contributed by atoms with E-state index in [1.54, 1.807) is 0 Å². The molecule has 0 saturated carbocycles. The Bertz CT molecular complexity index is 625. The minimum atomic E-state index is 0.0530. The number of hydrogen-bond acceptors (Lipinski definition) is 2. The van der Waals surface area contributed by atoms with Gasteiger partial charge in [-0.1, -0.05) is 49.2 Å². The molecule has 0 heterocycles. The Morgan fingerprint density at radius 3 is 1.32 bits per heavy atom. The van der Waals surface area contributed by atoms with Gasteiger partial charge in [-0.05, 0) is 61.1 Å². The van der Waals surface area contributed by atoms with E-state index in [0.29, 0.717) is 0 Å². The van der Waals surface area contributed by atoms with E-state index in [4.69, 9.17) is 11.5 Å². The fourth-order valence-electron chi connectivity index (χ4n) is 3.69. The van der Waals surface area contributed by atoms with Gasteiger partial charge >= 0.3 is 39.5 Å². The van der Waals surface area contributed by atoms with Gasteiger partial charge in [0.2, 0.25) is 0 Å². The summed E-state index contributed by atoms with van der Waals surface area (Å²) in [4.78, 5) is 0. The van der Waals surface area contributed by atoms with E-state index in [1.165, 1.54) is 33.4 Å². The van der Waals surface area contributed by atoms with Crippen molar-refractivity contribution in [3.63, 3.8) is 0 Å². The molecular weight excluding hydrogens is 525 g/mol. The van der Waals surface area contributed by atoms with E-state index in [2.05, 4.69) is 97.7 Å². The van der Waals surface area contributed by atoms with E-state index in [1.807, 2.05) is 0 Å². The van der Waals surface area contributed by atoms with Gasteiger partial charge in [-0.25, -0.2) is 0 Å². The number of hydrogen-bond donors (Lipinski definition) is 2. The van der Waals surface area contributed by atoms with Gasteiger partial charge in [0.25, 0.3) is 0 Å². The third-order valence-electron chi connectivity index (χ3n) is 5.02. The van der Waals surface area contributed by atoms with Crippen molar-refractivity contribution in [2.45, 2.75) is 52.6 Å². The quantitative estimate of drug-likeness (QED) is 0.366. The minimum absolute atomic E-state index is 0.0530. The van der Waals surface area contributed by atoms with E-state index in [0.717, 1.165) is 37.0 Å². The Morgan fingerprint density at radius 1 is 0.750 bits per heavy atom. The second-order valence-electron chi connectivity index (χ2n) is 7.12. The maximum atomic E-state index is 6.38. The van der Waals surface area contributed by atoms with Gasteiger partial charge < -0.3 is 16.8 Å². The van der Waals surface area contributed by atoms with E-state index < -0.39 is 0 Å². The number of rotatable bonds is 8. The molecule has 2 atom stereocenters. The van der Waals surface area contributed by atoms with Crippen molar-refractivity contribution in [1.82, 2.24) is 0 Å². The topological polar surface area (TPSA) is 66.1 Å². The van der Waals surface area contributed by atoms with Crippen LogP contribution in [0.25, 0.3) is 5.32 Å². The molecule has 0 aliphatic rings. The van der Waals surface area contributed by atoms with Crippen molar-refractivity contribution in [2.75, 3.05) is 13.1 Å². The van der Waals surface area contributed by atoms with Crippen molar-refractivity contribution in [3.8, 4) is 0 Å². The molecule has 0 saturated heterocycles. The molecule has 0 radical (unpaired) electrons. The SMILES string of the molecule is Cc1cccc(C)c1C(N)CC[N-]CCC(N)c1c(C)cccc1C.[Br][Co+][Br]. The zero-order valence-electron chi connectivity index (χ0n) is 17.1. The first-order valence-electron chi connectivity index (χ1n) is 9.43. The number of nitrogens with zero attached hydrogens (tertiary/aromatic N) is 1. The van der Waals surface area contributed by atoms with E-state index in [9.17, 15) is 0 Å². The van der Waals surface area contributed by atoms with Crippen molar-refractivity contribution >= 4 is 28.3 Å². The summed E-state index contributed by atoms with van der Waals surface area (Å²) in [5, 5.41) is 4.66. The van der Waals surface area contributed by atoms with Crippen LogP contribution in [0.15, 0.2) is 36.4 Å². The monoisotopic (exact) mass is 555 g/mol. The molecule has 2 aromatic rings. The number of benzene rings is 2. The predicted octanol–water partition coefficient (Wildman–Crippen LogP) is 6.46. The molecule has 2 unspecified atom stereocenters. The van der Waals surface area contributed by atoms with Crippen LogP contribution in [0.4, 0.5) is 0 Å². The van der Waals surface area contributed by atoms with Crippen LogP contribution in [0.3, 0.4) is 0 Å². The van der Waals surface area contributed by atoms with Gasteiger partial charge in [0.15, 0.2) is 0 Å². The molecule has 4 N–H and O–H groups in total. The molecule has 0 bridgehead atoms. The molecule has 28 heavy (non-hydrogen) atoms. The zero-order valence-corrected chi connectivity index (χ0v) is 21.4. The van der Waals surface area contributed by atoms with Crippen LogP contribution in [-0.2, 0) is 11.1 Å². The summed E-state index contributed by atoms with van der Waals surface area (Å²) in [6.45, 7) is 10.1. The molecule has 158 valence electrons. The van der Waals surface area contributed by atoms with Crippen LogP contribution in [0, 0.1) is 27.7 Å². The summed E-state index contributed by atoms with van der Waals surface area (Å²) in [5.74, 6) is 0. The molecule has 2 aromatic carbocycles. The van der Waals surface area contributed by atoms with Crippen LogP contribution in [-0.4, -0.2) is 13.1 Å². The summed E-state index contributed by atoms with van der Waals surface area (Å²) >= 11 is 7.12. The first-order valence-corrected chi connectivity index (χ1v) is 14.6. The van der Waals surface area contributed by atoms with E-state index >= 15 is 0 Å². The van der Waals surface area contributed by atoms with Gasteiger partial charge in [-0.3, -0.25) is 0 Å². The molecule has 3 nitrogen and oxygen atoms in total. The molecule has 0 aliphatic heterocycles. The van der Waals surface area contributed by atoms with Gasteiger partial charge in [0.1, 0.15) is 0 Å². The molecule has 6 heteroatoms. The van der Waals surface area contributed by atoms with Crippen LogP contribution >= 0.6 is 28.3 Å². The first-order chi connectivity index (χ1) is 13.3. The Hall–Kier alpha value is -0.214. The molecule has 0 aromatic heterocycles. The number of halogens is 2. The average molecular weight is 557 g/mol. The van der Waals surface area contributed by atoms with Gasteiger partial charge in [-0.2, -0.15) is 0 Å². The standard InChI is InChI=1S/C22H32N3.2BrH.Co/c1-15-7-5-8-16(2)21(15)19(23)11-13-25-14-12-20(24)22-17(3)9-6-10-18(22)4;;;/h5-10,19-20H,11-14,23-24H2,1-4H3;2*1H;/q-1;;;+3/p-2. The van der Waals surface area contributed by atoms with Crippen molar-refractivity contribution < 1.29 is 11.1 Å². The average Bonchev–Trinajstić information content (AvgIpc) is 2.62. The second-order valence-corrected chi connectivity index (χ2v) is 12.4. The van der Waals surface area contributed by atoms with Crippen molar-refractivity contribution in [3.05, 3.63) is 75.1 Å². The summed E-state index contributed by atoms with van der Waals surface area (Å²) in [6, 6.07) is 12.8. The predicted molar refractivity (Wildman–Crippen MR) is 126 cm³/mol. The Kier molecular flexibility index (Phi) is 12.8. The van der Waals surface area contributed by atoms with Crippen molar-refractivity contribution in [2.24, 2.45) is 11.5 Å². The van der Waals surface area contributed by atoms with Gasteiger partial charge in [0.05, 0.1) is 0 Å². The third-order valence-corrected chi connectivity index (χ3v) is 5.02. The summed E-state index contributed by atoms with van der Waals surface area (Å²) in [7, 11) is 0. The first kappa shape index (κ1) is 25.8. The summed E-state index contributed by atoms with van der Waals surface area (Å²) in [6.07, 6.45) is 1.76. The van der Waals surface area contributed by atoms with Gasteiger partial charge in [-0.15, -0.1) is 13.1 Å². The Morgan fingerprint density at radius 2 is 1.04 bits per heavy atom. The summed E-state index contributed by atoms with van der Waals surface area (Å²) < 4.78 is 0. The molecule has 0 aliphatic carbocycles. The zero-order chi connectivity index (χ0) is 21.1. The molecule has 2 rings (SSSR count). The molecule has 0 fully saturated rings. The number of aryl methyl sites for hydroxylation is 4. The fraction of sp³-hybridized carbons (Fsp3) is 0.455. The van der Waals surface area contributed by atoms with Crippen LogP contribution in [0.5, 0.6) is 0 Å². The van der Waals surface area contributed by atoms with Crippen LogP contribution in [0.1, 0.15) is 58.3 Å². The van der Waals surface area contributed by atoms with Crippen LogP contribution in [0.2, 0.25) is 0 Å². The molecular formula is C22H32Br2CoN3. The maximum absolute atomic E-state index is 6.38. The Labute approximate surface area is 190 Å². The van der Waals surface area contributed by atoms with Gasteiger partial charge in [0, 0.05) is 12.1 Å². The Balaban J connectivity index is 0.00000122. The summed E-state index contributed by atoms with van der Waals surface area (Å²) in [5.41, 5.74) is 20.4. The van der Waals surface area contributed by atoms with E-state index in [-0.39, 0.29) is 12.1 Å². The third kappa shape index (κ3) is 8.26. The molecule has 0 amide bonds. The van der Waals surface area contributed by atoms with Crippen molar-refractivity contribution in [1.29, 1.82) is 0 Å².